The molecule has 8 nitrogen and oxygen atoms in total. The smallest absolute Gasteiger partial charge is 0.409 e. The number of fused-ring (bicyclic) bond motifs is 2. The molecule has 3 atom stereocenters. The maximum Gasteiger partial charge on any atom is 0.409 e. The van der Waals surface area contributed by atoms with Gasteiger partial charge in [0.15, 0.2) is 0 Å². The van der Waals surface area contributed by atoms with Crippen molar-refractivity contribution in [3.8, 4) is 5.75 Å². The third-order valence-electron chi connectivity index (χ3n) is 7.95. The Hall–Kier alpha value is -4.07. The Morgan fingerprint density at radius 1 is 1.03 bits per heavy atom. The molecule has 0 spiro atoms. The summed E-state index contributed by atoms with van der Waals surface area (Å²) in [6.07, 6.45) is 1.06. The number of carboxylic acid groups (broad SMARTS) is 1. The van der Waals surface area contributed by atoms with Crippen molar-refractivity contribution in [1.29, 1.82) is 0 Å². The summed E-state index contributed by atoms with van der Waals surface area (Å²) >= 11 is 0. The minimum Gasteiger partial charge on any atom is -0.497 e. The topological polar surface area (TPSA) is 102 Å². The molecule has 1 aliphatic heterocycles. The van der Waals surface area contributed by atoms with Crippen molar-refractivity contribution in [3.63, 3.8) is 0 Å². The number of hydrogen-bond donors (Lipinski definition) is 1. The van der Waals surface area contributed by atoms with E-state index < -0.39 is 23.9 Å². The monoisotopic (exact) mass is 531 g/mol. The Bertz CT molecular complexity index is 1350. The number of carboxylic acids is 1. The first-order valence-electron chi connectivity index (χ1n) is 13.3. The van der Waals surface area contributed by atoms with E-state index in [4.69, 9.17) is 19.3 Å². The molecule has 0 radical (unpaired) electrons. The van der Waals surface area contributed by atoms with Gasteiger partial charge < -0.3 is 24.2 Å². The molecule has 0 bridgehead atoms. The molecule has 204 valence electrons. The van der Waals surface area contributed by atoms with Crippen molar-refractivity contribution in [2.24, 2.45) is 11.8 Å². The standard InChI is InChI=1S/C31H33NO7/c1-37-27-13-9-21(10-14-27)18-38-29(35)24(7-4-8-28(33)34)19-39-30(36)32-17-26-16-31(26,20-32)25-12-11-22-5-2-3-6-23(22)15-25/h2-3,5-6,9-15,24,26H,4,7-8,16-20H2,1H3,(H,33,34)/t24?,26-,31+/m1/s1. The van der Waals surface area contributed by atoms with E-state index in [0.717, 1.165) is 12.0 Å². The number of rotatable bonds is 11. The number of carbonyl (C=O) groups is 3. The number of esters is 1. The van der Waals surface area contributed by atoms with E-state index in [9.17, 15) is 14.4 Å². The van der Waals surface area contributed by atoms with Crippen LogP contribution in [0.3, 0.4) is 0 Å². The number of methoxy groups -OCH3 is 1. The zero-order valence-electron chi connectivity index (χ0n) is 22.0. The molecule has 8 heteroatoms. The number of ether oxygens (including phenoxy) is 3. The average Bonchev–Trinajstić information content (AvgIpc) is 3.53. The zero-order chi connectivity index (χ0) is 27.4. The van der Waals surface area contributed by atoms with Gasteiger partial charge >= 0.3 is 18.0 Å². The minimum atomic E-state index is -0.937. The van der Waals surface area contributed by atoms with Crippen LogP contribution in [0.4, 0.5) is 4.79 Å². The molecule has 1 heterocycles. The van der Waals surface area contributed by atoms with Crippen molar-refractivity contribution >= 4 is 28.8 Å². The number of hydrogen-bond acceptors (Lipinski definition) is 6. The normalized spacial score (nSPS) is 20.2. The first-order chi connectivity index (χ1) is 18.9. The van der Waals surface area contributed by atoms with Gasteiger partial charge in [0, 0.05) is 24.9 Å². The Morgan fingerprint density at radius 2 is 1.79 bits per heavy atom. The number of likely N-dealkylation sites (tertiary alicyclic amines) is 1. The number of benzene rings is 3. The van der Waals surface area contributed by atoms with Gasteiger partial charge in [-0.1, -0.05) is 54.6 Å². The maximum atomic E-state index is 13.0. The largest absolute Gasteiger partial charge is 0.497 e. The van der Waals surface area contributed by atoms with Crippen LogP contribution in [-0.2, 0) is 31.1 Å². The Balaban J connectivity index is 1.17. The molecule has 1 unspecified atom stereocenters. The van der Waals surface area contributed by atoms with Crippen LogP contribution in [0, 0.1) is 11.8 Å². The third-order valence-corrected chi connectivity index (χ3v) is 7.95. The highest BCUT2D eigenvalue weighted by atomic mass is 16.6. The molecule has 3 aromatic rings. The van der Waals surface area contributed by atoms with E-state index in [1.54, 1.807) is 36.3 Å². The minimum absolute atomic E-state index is 0.0404. The second kappa shape index (κ2) is 11.4. The van der Waals surface area contributed by atoms with Gasteiger partial charge in [-0.05, 0) is 59.2 Å². The lowest BCUT2D eigenvalue weighted by molar-refractivity contribution is -0.152. The van der Waals surface area contributed by atoms with E-state index in [0.29, 0.717) is 24.8 Å². The summed E-state index contributed by atoms with van der Waals surface area (Å²) in [6.45, 7) is 1.12. The van der Waals surface area contributed by atoms with Gasteiger partial charge in [-0.25, -0.2) is 4.79 Å². The van der Waals surface area contributed by atoms with E-state index in [-0.39, 0.29) is 37.9 Å². The molecule has 2 fully saturated rings. The predicted octanol–water partition coefficient (Wildman–Crippen LogP) is 5.17. The number of carbonyl (C=O) groups excluding carboxylic acids is 2. The van der Waals surface area contributed by atoms with Crippen LogP contribution < -0.4 is 4.74 Å². The van der Waals surface area contributed by atoms with Crippen molar-refractivity contribution < 1.29 is 33.7 Å². The highest BCUT2D eigenvalue weighted by Gasteiger charge is 2.62. The van der Waals surface area contributed by atoms with Gasteiger partial charge in [0.25, 0.3) is 0 Å². The molecule has 0 aromatic heterocycles. The molecular weight excluding hydrogens is 498 g/mol. The quantitative estimate of drug-likeness (QED) is 0.341. The second-order valence-electron chi connectivity index (χ2n) is 10.5. The van der Waals surface area contributed by atoms with E-state index in [2.05, 4.69) is 30.3 Å². The van der Waals surface area contributed by atoms with Crippen LogP contribution in [-0.4, -0.2) is 54.8 Å². The van der Waals surface area contributed by atoms with E-state index >= 15 is 0 Å². The third kappa shape index (κ3) is 6.00. The molecule has 39 heavy (non-hydrogen) atoms. The summed E-state index contributed by atoms with van der Waals surface area (Å²) in [6, 6.07) is 21.9. The summed E-state index contributed by atoms with van der Waals surface area (Å²) in [7, 11) is 1.58. The van der Waals surface area contributed by atoms with Crippen LogP contribution in [0.25, 0.3) is 10.8 Å². The summed E-state index contributed by atoms with van der Waals surface area (Å²) in [4.78, 5) is 38.6. The molecular formula is C31H33NO7. The molecule has 1 N–H and O–H groups in total. The van der Waals surface area contributed by atoms with E-state index in [1.807, 2.05) is 12.1 Å². The van der Waals surface area contributed by atoms with Crippen molar-refractivity contribution in [2.75, 3.05) is 26.8 Å². The molecule has 1 amide bonds. The molecule has 1 saturated heterocycles. The van der Waals surface area contributed by atoms with Crippen LogP contribution >= 0.6 is 0 Å². The fraction of sp³-hybridized carbons (Fsp3) is 0.387. The van der Waals surface area contributed by atoms with Crippen LogP contribution in [0.1, 0.15) is 36.8 Å². The van der Waals surface area contributed by atoms with Crippen LogP contribution in [0.2, 0.25) is 0 Å². The molecule has 2 aliphatic rings. The van der Waals surface area contributed by atoms with Gasteiger partial charge in [-0.3, -0.25) is 9.59 Å². The Labute approximate surface area is 227 Å². The molecule has 1 aliphatic carbocycles. The number of nitrogens with zero attached hydrogens (tertiary/aromatic N) is 1. The van der Waals surface area contributed by atoms with Crippen LogP contribution in [0.5, 0.6) is 5.75 Å². The number of piperidine rings is 1. The highest BCUT2D eigenvalue weighted by molar-refractivity contribution is 5.83. The number of aliphatic carboxylic acids is 1. The van der Waals surface area contributed by atoms with Gasteiger partial charge in [-0.2, -0.15) is 0 Å². The Morgan fingerprint density at radius 3 is 2.54 bits per heavy atom. The van der Waals surface area contributed by atoms with Crippen molar-refractivity contribution in [2.45, 2.75) is 37.7 Å². The fourth-order valence-corrected chi connectivity index (χ4v) is 5.59. The Kier molecular flexibility index (Phi) is 7.72. The van der Waals surface area contributed by atoms with Gasteiger partial charge in [0.1, 0.15) is 19.0 Å². The van der Waals surface area contributed by atoms with Crippen molar-refractivity contribution in [3.05, 3.63) is 77.9 Å². The summed E-state index contributed by atoms with van der Waals surface area (Å²) in [5.41, 5.74) is 2.00. The van der Waals surface area contributed by atoms with Crippen LogP contribution in [0.15, 0.2) is 66.7 Å². The van der Waals surface area contributed by atoms with Gasteiger partial charge in [0.2, 0.25) is 0 Å². The van der Waals surface area contributed by atoms with Crippen molar-refractivity contribution in [1.82, 2.24) is 4.90 Å². The lowest BCUT2D eigenvalue weighted by Gasteiger charge is -2.23. The van der Waals surface area contributed by atoms with Gasteiger partial charge in [-0.15, -0.1) is 0 Å². The first kappa shape index (κ1) is 26.5. The first-order valence-corrected chi connectivity index (χ1v) is 13.3. The SMILES string of the molecule is COc1ccc(COC(=O)C(CCCC(=O)O)COC(=O)N2C[C@H]3C[C@@]3(c3ccc4ccccc4c3)C2)cc1. The predicted molar refractivity (Wildman–Crippen MR) is 144 cm³/mol. The second-order valence-corrected chi connectivity index (χ2v) is 10.5. The fourth-order valence-electron chi connectivity index (χ4n) is 5.59. The average molecular weight is 532 g/mol. The summed E-state index contributed by atoms with van der Waals surface area (Å²) in [5, 5.41) is 11.4. The zero-order valence-corrected chi connectivity index (χ0v) is 22.0. The molecule has 5 rings (SSSR count). The highest BCUT2D eigenvalue weighted by Crippen LogP contribution is 2.59. The lowest BCUT2D eigenvalue weighted by atomic mass is 9.93. The molecule has 3 aromatic carbocycles. The summed E-state index contributed by atoms with van der Waals surface area (Å²) < 4.78 is 16.2. The van der Waals surface area contributed by atoms with Gasteiger partial charge in [0.05, 0.1) is 13.0 Å². The summed E-state index contributed by atoms with van der Waals surface area (Å²) in [5.74, 6) is -1.09. The molecule has 1 saturated carbocycles. The number of amides is 1. The van der Waals surface area contributed by atoms with E-state index in [1.165, 1.54) is 16.3 Å². The lowest BCUT2D eigenvalue weighted by Crippen LogP contribution is -2.35. The maximum absolute atomic E-state index is 13.0.